The third kappa shape index (κ3) is 6.09. The molecule has 0 aromatic heterocycles. The number of Topliss-reactive ketones (excluding diaryl/α,β-unsaturated/α-hetero) is 1. The van der Waals surface area contributed by atoms with E-state index in [0.29, 0.717) is 11.7 Å². The number of allylic oxidation sites excluding steroid dienone is 2. The van der Waals surface area contributed by atoms with Crippen LogP contribution in [-0.2, 0) is 4.79 Å². The molecule has 1 unspecified atom stereocenters. The minimum atomic E-state index is 0.476. The summed E-state index contributed by atoms with van der Waals surface area (Å²) in [5.41, 5.74) is 0. The van der Waals surface area contributed by atoms with Crippen molar-refractivity contribution in [2.45, 2.75) is 71.1 Å². The van der Waals surface area contributed by atoms with Crippen LogP contribution in [0, 0.1) is 5.92 Å². The fraction of sp³-hybridized carbons (Fsp3) is 0.800. The van der Waals surface area contributed by atoms with Crippen LogP contribution >= 0.6 is 0 Å². The van der Waals surface area contributed by atoms with E-state index in [4.69, 9.17) is 0 Å². The number of carbonyl (C=O) groups excluding carboxylic acids is 1. The van der Waals surface area contributed by atoms with Gasteiger partial charge in [0.2, 0.25) is 0 Å². The van der Waals surface area contributed by atoms with Crippen LogP contribution in [0.1, 0.15) is 71.1 Å². The lowest BCUT2D eigenvalue weighted by molar-refractivity contribution is -0.119. The van der Waals surface area contributed by atoms with Crippen molar-refractivity contribution in [2.75, 3.05) is 0 Å². The van der Waals surface area contributed by atoms with E-state index in [1.807, 2.05) is 0 Å². The minimum absolute atomic E-state index is 0.476. The normalized spacial score (nSPS) is 26.3. The summed E-state index contributed by atoms with van der Waals surface area (Å²) in [6, 6.07) is 0. The van der Waals surface area contributed by atoms with Gasteiger partial charge in [0, 0.05) is 12.8 Å². The molecule has 0 aromatic rings. The first-order valence-corrected chi connectivity index (χ1v) is 6.97. The zero-order valence-corrected chi connectivity index (χ0v) is 10.7. The molecule has 1 rings (SSSR count). The van der Waals surface area contributed by atoms with Gasteiger partial charge in [0.15, 0.2) is 0 Å². The van der Waals surface area contributed by atoms with Crippen molar-refractivity contribution in [3.63, 3.8) is 0 Å². The summed E-state index contributed by atoms with van der Waals surface area (Å²) in [5, 5.41) is 0. The second-order valence-electron chi connectivity index (χ2n) is 5.04. The van der Waals surface area contributed by atoms with Gasteiger partial charge >= 0.3 is 0 Å². The maximum absolute atomic E-state index is 11.8. The Kier molecular flexibility index (Phi) is 7.20. The molecule has 16 heavy (non-hydrogen) atoms. The van der Waals surface area contributed by atoms with Crippen LogP contribution in [0.15, 0.2) is 12.2 Å². The van der Waals surface area contributed by atoms with Gasteiger partial charge < -0.3 is 0 Å². The van der Waals surface area contributed by atoms with Crippen molar-refractivity contribution in [2.24, 2.45) is 5.92 Å². The number of carbonyl (C=O) groups is 1. The maximum atomic E-state index is 11.8. The van der Waals surface area contributed by atoms with Gasteiger partial charge in [0.25, 0.3) is 0 Å². The van der Waals surface area contributed by atoms with E-state index in [1.54, 1.807) is 0 Å². The van der Waals surface area contributed by atoms with E-state index in [0.717, 1.165) is 19.3 Å². The Hall–Kier alpha value is -0.590. The molecule has 0 aliphatic heterocycles. The largest absolute Gasteiger partial charge is 0.300 e. The standard InChI is InChI=1S/C15H26O/c1-2-10-14-11-8-6-4-3-5-7-9-12-15(16)13-14/h2,10,14H,3-9,11-13H2,1H3/b10-2-. The van der Waals surface area contributed by atoms with Crippen LogP contribution < -0.4 is 0 Å². The minimum Gasteiger partial charge on any atom is -0.300 e. The molecule has 0 N–H and O–H groups in total. The molecule has 1 aliphatic carbocycles. The van der Waals surface area contributed by atoms with Gasteiger partial charge in [-0.1, -0.05) is 50.7 Å². The van der Waals surface area contributed by atoms with E-state index in [9.17, 15) is 4.79 Å². The molecule has 1 heteroatoms. The molecule has 92 valence electrons. The van der Waals surface area contributed by atoms with Gasteiger partial charge in [-0.2, -0.15) is 0 Å². The Morgan fingerprint density at radius 2 is 1.62 bits per heavy atom. The molecule has 1 nitrogen and oxygen atoms in total. The fourth-order valence-electron chi connectivity index (χ4n) is 2.55. The highest BCUT2D eigenvalue weighted by Gasteiger charge is 2.11. The second-order valence-corrected chi connectivity index (χ2v) is 5.04. The van der Waals surface area contributed by atoms with Crippen molar-refractivity contribution in [1.29, 1.82) is 0 Å². The highest BCUT2D eigenvalue weighted by atomic mass is 16.1. The summed E-state index contributed by atoms with van der Waals surface area (Å²) >= 11 is 0. The first kappa shape index (κ1) is 13.5. The summed E-state index contributed by atoms with van der Waals surface area (Å²) in [7, 11) is 0. The molecule has 0 saturated heterocycles. The molecule has 0 spiro atoms. The van der Waals surface area contributed by atoms with Crippen molar-refractivity contribution >= 4 is 5.78 Å². The third-order valence-electron chi connectivity index (χ3n) is 3.49. The van der Waals surface area contributed by atoms with Crippen molar-refractivity contribution in [1.82, 2.24) is 0 Å². The van der Waals surface area contributed by atoms with Crippen LogP contribution in [0.25, 0.3) is 0 Å². The molecular formula is C15H26O. The lowest BCUT2D eigenvalue weighted by Crippen LogP contribution is -2.07. The van der Waals surface area contributed by atoms with Crippen molar-refractivity contribution in [3.8, 4) is 0 Å². The summed E-state index contributed by atoms with van der Waals surface area (Å²) in [6.07, 6.45) is 16.2. The zero-order valence-electron chi connectivity index (χ0n) is 10.7. The highest BCUT2D eigenvalue weighted by Crippen LogP contribution is 2.20. The van der Waals surface area contributed by atoms with Crippen molar-refractivity contribution in [3.05, 3.63) is 12.2 Å². The molecule has 1 saturated carbocycles. The number of hydrogen-bond acceptors (Lipinski definition) is 1. The van der Waals surface area contributed by atoms with Gasteiger partial charge in [-0.25, -0.2) is 0 Å². The summed E-state index contributed by atoms with van der Waals surface area (Å²) in [6.45, 7) is 2.06. The molecule has 0 amide bonds. The Balaban J connectivity index is 2.41. The van der Waals surface area contributed by atoms with Crippen LogP contribution in [0.5, 0.6) is 0 Å². The summed E-state index contributed by atoms with van der Waals surface area (Å²) in [4.78, 5) is 11.8. The van der Waals surface area contributed by atoms with E-state index in [-0.39, 0.29) is 0 Å². The van der Waals surface area contributed by atoms with Gasteiger partial charge in [-0.05, 0) is 25.7 Å². The van der Waals surface area contributed by atoms with Crippen molar-refractivity contribution < 1.29 is 4.79 Å². The third-order valence-corrected chi connectivity index (χ3v) is 3.49. The lowest BCUT2D eigenvalue weighted by Gasteiger charge is -2.13. The molecule has 1 fully saturated rings. The van der Waals surface area contributed by atoms with E-state index >= 15 is 0 Å². The predicted octanol–water partition coefficient (Wildman–Crippen LogP) is 4.66. The number of rotatable bonds is 1. The van der Waals surface area contributed by atoms with Crippen LogP contribution in [-0.4, -0.2) is 5.78 Å². The molecule has 0 aromatic carbocycles. The molecule has 1 atom stereocenters. The Morgan fingerprint density at radius 1 is 1.00 bits per heavy atom. The molecule has 1 aliphatic rings. The Bertz CT molecular complexity index is 217. The average Bonchev–Trinajstić information content (AvgIpc) is 2.25. The predicted molar refractivity (Wildman–Crippen MR) is 69.5 cm³/mol. The summed E-state index contributed by atoms with van der Waals surface area (Å²) in [5.74, 6) is 0.987. The zero-order chi connectivity index (χ0) is 11.6. The summed E-state index contributed by atoms with van der Waals surface area (Å²) < 4.78 is 0. The van der Waals surface area contributed by atoms with Gasteiger partial charge in [-0.3, -0.25) is 4.79 Å². The number of ketones is 1. The highest BCUT2D eigenvalue weighted by molar-refractivity contribution is 5.78. The smallest absolute Gasteiger partial charge is 0.133 e. The quantitative estimate of drug-likeness (QED) is 0.590. The molecular weight excluding hydrogens is 196 g/mol. The molecule has 0 radical (unpaired) electrons. The lowest BCUT2D eigenvalue weighted by atomic mass is 9.92. The van der Waals surface area contributed by atoms with E-state index in [1.165, 1.54) is 44.9 Å². The van der Waals surface area contributed by atoms with Crippen LogP contribution in [0.3, 0.4) is 0 Å². The Morgan fingerprint density at radius 3 is 2.31 bits per heavy atom. The van der Waals surface area contributed by atoms with Crippen LogP contribution in [0.4, 0.5) is 0 Å². The average molecular weight is 222 g/mol. The van der Waals surface area contributed by atoms with Gasteiger partial charge in [-0.15, -0.1) is 0 Å². The Labute approximate surface area is 100 Å². The fourth-order valence-corrected chi connectivity index (χ4v) is 2.55. The molecule has 0 heterocycles. The van der Waals surface area contributed by atoms with E-state index < -0.39 is 0 Å². The van der Waals surface area contributed by atoms with E-state index in [2.05, 4.69) is 19.1 Å². The SMILES string of the molecule is C/C=C\C1CCCCCCCCCC(=O)C1. The van der Waals surface area contributed by atoms with Crippen LogP contribution in [0.2, 0.25) is 0 Å². The topological polar surface area (TPSA) is 17.1 Å². The maximum Gasteiger partial charge on any atom is 0.133 e. The monoisotopic (exact) mass is 222 g/mol. The van der Waals surface area contributed by atoms with Gasteiger partial charge in [0.1, 0.15) is 5.78 Å². The first-order valence-electron chi connectivity index (χ1n) is 6.97. The second kappa shape index (κ2) is 8.55. The number of hydrogen-bond donors (Lipinski definition) is 0. The first-order chi connectivity index (χ1) is 7.83. The van der Waals surface area contributed by atoms with Gasteiger partial charge in [0.05, 0.1) is 0 Å². The molecule has 0 bridgehead atoms.